The van der Waals surface area contributed by atoms with Gasteiger partial charge in [-0.15, -0.1) is 0 Å². The second-order valence-electron chi connectivity index (χ2n) is 10.6. The number of hydrogen-bond donors (Lipinski definition) is 3. The molecule has 3 N–H and O–H groups in total. The maximum absolute atomic E-state index is 13.4. The highest BCUT2D eigenvalue weighted by atomic mass is 19.1. The maximum Gasteiger partial charge on any atom is 0.422 e. The van der Waals surface area contributed by atoms with Gasteiger partial charge in [0.25, 0.3) is 0 Å². The number of aliphatic hydroxyl groups excluding tert-OH is 1. The molecule has 36 heavy (non-hydrogen) atoms. The number of hydrazine groups is 1. The van der Waals surface area contributed by atoms with Gasteiger partial charge in [-0.1, -0.05) is 42.5 Å². The third-order valence-corrected chi connectivity index (χ3v) is 4.81. The summed E-state index contributed by atoms with van der Waals surface area (Å²) in [5.74, 6) is -0.380. The van der Waals surface area contributed by atoms with Crippen molar-refractivity contribution in [2.24, 2.45) is 0 Å². The van der Waals surface area contributed by atoms with Crippen LogP contribution in [0, 0.1) is 5.82 Å². The largest absolute Gasteiger partial charge is 0.444 e. The minimum atomic E-state index is -1.10. The number of halogens is 1. The minimum absolute atomic E-state index is 0.0517. The Balaban J connectivity index is 2.22. The number of nitrogens with zero attached hydrogens (tertiary/aromatic N) is 1. The van der Waals surface area contributed by atoms with Crippen molar-refractivity contribution in [3.05, 3.63) is 71.5 Å². The highest BCUT2D eigenvalue weighted by Crippen LogP contribution is 2.13. The number of carbonyl (C=O) groups excluding carboxylic acids is 2. The van der Waals surface area contributed by atoms with E-state index in [2.05, 4.69) is 10.7 Å². The molecule has 0 bridgehead atoms. The monoisotopic (exact) mass is 503 g/mol. The van der Waals surface area contributed by atoms with Crippen LogP contribution in [0.25, 0.3) is 0 Å². The van der Waals surface area contributed by atoms with Gasteiger partial charge in [0.15, 0.2) is 0 Å². The summed E-state index contributed by atoms with van der Waals surface area (Å²) >= 11 is 0. The number of amides is 2. The quantitative estimate of drug-likeness (QED) is 0.434. The number of carbonyl (C=O) groups is 2. The fraction of sp³-hybridized carbons (Fsp3) is 0.481. The lowest BCUT2D eigenvalue weighted by Gasteiger charge is -2.31. The van der Waals surface area contributed by atoms with Crippen LogP contribution in [0.15, 0.2) is 54.6 Å². The zero-order valence-corrected chi connectivity index (χ0v) is 21.9. The van der Waals surface area contributed by atoms with Crippen LogP contribution in [0.3, 0.4) is 0 Å². The molecule has 2 rings (SSSR count). The van der Waals surface area contributed by atoms with Crippen LogP contribution < -0.4 is 10.7 Å². The van der Waals surface area contributed by atoms with Crippen molar-refractivity contribution in [2.75, 3.05) is 6.54 Å². The first-order chi connectivity index (χ1) is 16.7. The molecule has 8 nitrogen and oxygen atoms in total. The number of alkyl carbamates (subject to hydrolysis) is 1. The molecule has 0 radical (unpaired) electrons. The Morgan fingerprint density at radius 3 is 2.00 bits per heavy atom. The van der Waals surface area contributed by atoms with Crippen LogP contribution >= 0.6 is 0 Å². The van der Waals surface area contributed by atoms with E-state index in [9.17, 15) is 19.1 Å². The molecule has 0 spiro atoms. The first kappa shape index (κ1) is 29.1. The lowest BCUT2D eigenvalue weighted by molar-refractivity contribution is 0.0105. The van der Waals surface area contributed by atoms with Crippen molar-refractivity contribution in [1.82, 2.24) is 15.8 Å². The molecule has 0 unspecified atom stereocenters. The van der Waals surface area contributed by atoms with Crippen molar-refractivity contribution >= 4 is 12.2 Å². The lowest BCUT2D eigenvalue weighted by Crippen LogP contribution is -2.54. The summed E-state index contributed by atoms with van der Waals surface area (Å²) in [6.07, 6.45) is -2.13. The molecular formula is C27H38FN3O5. The zero-order chi connectivity index (χ0) is 26.9. The third-order valence-electron chi connectivity index (χ3n) is 4.81. The molecule has 0 aliphatic carbocycles. The fourth-order valence-corrected chi connectivity index (χ4v) is 3.35. The van der Waals surface area contributed by atoms with E-state index in [0.29, 0.717) is 12.0 Å². The Bertz CT molecular complexity index is 972. The zero-order valence-electron chi connectivity index (χ0n) is 21.9. The number of benzene rings is 2. The molecule has 0 aromatic heterocycles. The van der Waals surface area contributed by atoms with Crippen LogP contribution in [0.4, 0.5) is 14.0 Å². The summed E-state index contributed by atoms with van der Waals surface area (Å²) in [7, 11) is 0. The van der Waals surface area contributed by atoms with E-state index in [1.807, 2.05) is 30.3 Å². The number of ether oxygens (including phenoxy) is 2. The van der Waals surface area contributed by atoms with Crippen molar-refractivity contribution in [3.8, 4) is 0 Å². The Morgan fingerprint density at radius 2 is 1.44 bits per heavy atom. The number of aliphatic hydroxyl groups is 1. The topological polar surface area (TPSA) is 100 Å². The van der Waals surface area contributed by atoms with E-state index in [0.717, 1.165) is 5.56 Å². The van der Waals surface area contributed by atoms with E-state index in [1.165, 1.54) is 17.1 Å². The normalized spacial score (nSPS) is 13.6. The van der Waals surface area contributed by atoms with Gasteiger partial charge in [-0.3, -0.25) is 5.43 Å². The van der Waals surface area contributed by atoms with Gasteiger partial charge in [-0.2, -0.15) is 0 Å². The average Bonchev–Trinajstić information content (AvgIpc) is 2.73. The maximum atomic E-state index is 13.4. The Labute approximate surface area is 212 Å². The van der Waals surface area contributed by atoms with Gasteiger partial charge in [0.05, 0.1) is 12.1 Å². The van der Waals surface area contributed by atoms with E-state index in [1.54, 1.807) is 53.7 Å². The molecule has 2 aromatic carbocycles. The fourth-order valence-electron chi connectivity index (χ4n) is 3.35. The van der Waals surface area contributed by atoms with Gasteiger partial charge in [-0.05, 0) is 71.2 Å². The van der Waals surface area contributed by atoms with E-state index in [4.69, 9.17) is 9.47 Å². The van der Waals surface area contributed by atoms with Crippen LogP contribution in [-0.2, 0) is 22.4 Å². The summed E-state index contributed by atoms with van der Waals surface area (Å²) in [5, 5.41) is 15.4. The minimum Gasteiger partial charge on any atom is -0.444 e. The Morgan fingerprint density at radius 1 is 0.889 bits per heavy atom. The summed E-state index contributed by atoms with van der Waals surface area (Å²) < 4.78 is 24.1. The summed E-state index contributed by atoms with van der Waals surface area (Å²) in [6, 6.07) is 14.5. The standard InChI is InChI=1S/C27H38FN3O5/c1-26(2,3)35-24(33)29-22(16-19-10-8-7-9-11-19)23(32)18-31(30-25(34)36-27(4,5)6)17-20-12-14-21(28)15-13-20/h7-15,22-23,32H,16-18H2,1-6H3,(H,29,33)(H,30,34)/t22-,23-/m0/s1. The van der Waals surface area contributed by atoms with E-state index >= 15 is 0 Å². The Hall–Kier alpha value is -3.17. The van der Waals surface area contributed by atoms with Crippen molar-refractivity contribution in [1.29, 1.82) is 0 Å². The van der Waals surface area contributed by atoms with Crippen molar-refractivity contribution in [2.45, 2.75) is 77.9 Å². The number of nitrogens with one attached hydrogen (secondary N) is 2. The summed E-state index contributed by atoms with van der Waals surface area (Å²) in [5.41, 5.74) is 2.83. The summed E-state index contributed by atoms with van der Waals surface area (Å²) in [4.78, 5) is 25.0. The van der Waals surface area contributed by atoms with Gasteiger partial charge in [0.1, 0.15) is 17.0 Å². The van der Waals surface area contributed by atoms with Crippen molar-refractivity contribution in [3.63, 3.8) is 0 Å². The third kappa shape index (κ3) is 11.5. The van der Waals surface area contributed by atoms with E-state index in [-0.39, 0.29) is 18.9 Å². The molecule has 9 heteroatoms. The molecule has 0 heterocycles. The smallest absolute Gasteiger partial charge is 0.422 e. The molecule has 2 atom stereocenters. The van der Waals surface area contributed by atoms with Crippen LogP contribution in [0.1, 0.15) is 52.7 Å². The molecule has 0 aliphatic heterocycles. The van der Waals surface area contributed by atoms with Crippen LogP contribution in [0.2, 0.25) is 0 Å². The molecular weight excluding hydrogens is 465 g/mol. The molecule has 0 saturated heterocycles. The first-order valence-electron chi connectivity index (χ1n) is 11.9. The number of rotatable bonds is 9. The predicted octanol–water partition coefficient (Wildman–Crippen LogP) is 4.56. The molecule has 2 aromatic rings. The van der Waals surface area contributed by atoms with Crippen molar-refractivity contribution < 1.29 is 28.6 Å². The predicted molar refractivity (Wildman–Crippen MR) is 135 cm³/mol. The second kappa shape index (κ2) is 12.7. The highest BCUT2D eigenvalue weighted by Gasteiger charge is 2.28. The van der Waals surface area contributed by atoms with Crippen LogP contribution in [-0.4, -0.2) is 52.2 Å². The first-order valence-corrected chi connectivity index (χ1v) is 11.9. The molecule has 198 valence electrons. The molecule has 0 fully saturated rings. The summed E-state index contributed by atoms with van der Waals surface area (Å²) in [6.45, 7) is 10.6. The van der Waals surface area contributed by atoms with Gasteiger partial charge in [0.2, 0.25) is 0 Å². The second-order valence-corrected chi connectivity index (χ2v) is 10.6. The molecule has 0 saturated carbocycles. The number of hydrogen-bond acceptors (Lipinski definition) is 6. The van der Waals surface area contributed by atoms with Gasteiger partial charge >= 0.3 is 12.2 Å². The highest BCUT2D eigenvalue weighted by molar-refractivity contribution is 5.68. The lowest BCUT2D eigenvalue weighted by atomic mass is 10.0. The van der Waals surface area contributed by atoms with E-state index < -0.39 is 35.5 Å². The van der Waals surface area contributed by atoms with Crippen LogP contribution in [0.5, 0.6) is 0 Å². The molecule has 0 aliphatic rings. The SMILES string of the molecule is CC(C)(C)OC(=O)N[C@@H](Cc1ccccc1)[C@@H](O)CN(Cc1ccc(F)cc1)NC(=O)OC(C)(C)C. The Kier molecular flexibility index (Phi) is 10.2. The van der Waals surface area contributed by atoms with Gasteiger partial charge in [0, 0.05) is 13.1 Å². The van der Waals surface area contributed by atoms with Gasteiger partial charge in [-0.25, -0.2) is 19.0 Å². The average molecular weight is 504 g/mol. The van der Waals surface area contributed by atoms with Gasteiger partial charge < -0.3 is 19.9 Å². The molecule has 2 amide bonds.